The molecular formula is C23H28N4O3S. The first-order valence-corrected chi connectivity index (χ1v) is 11.8. The molecule has 7 nitrogen and oxygen atoms in total. The van der Waals surface area contributed by atoms with E-state index in [9.17, 15) is 9.59 Å². The molecule has 2 aromatic heterocycles. The van der Waals surface area contributed by atoms with Crippen LogP contribution in [0.15, 0.2) is 36.0 Å². The summed E-state index contributed by atoms with van der Waals surface area (Å²) in [4.78, 5) is 37.4. The molecule has 3 aliphatic rings. The molecule has 3 fully saturated rings. The number of piperidine rings is 1. The predicted octanol–water partition coefficient (Wildman–Crippen LogP) is 3.15. The van der Waals surface area contributed by atoms with Crippen molar-refractivity contribution in [3.8, 4) is 0 Å². The summed E-state index contributed by atoms with van der Waals surface area (Å²) in [7, 11) is 0. The number of hydrogen-bond donors (Lipinski definition) is 0. The zero-order valence-corrected chi connectivity index (χ0v) is 18.6. The average Bonchev–Trinajstić information content (AvgIpc) is 3.49. The highest BCUT2D eigenvalue weighted by molar-refractivity contribution is 7.12. The predicted molar refractivity (Wildman–Crippen MR) is 118 cm³/mol. The molecule has 3 amide bonds. The maximum Gasteiger partial charge on any atom is 0.321 e. The molecule has 2 aromatic rings. The monoisotopic (exact) mass is 440 g/mol. The van der Waals surface area contributed by atoms with E-state index in [0.29, 0.717) is 39.4 Å². The minimum atomic E-state index is -0.250. The van der Waals surface area contributed by atoms with Crippen LogP contribution >= 0.6 is 11.3 Å². The van der Waals surface area contributed by atoms with E-state index in [-0.39, 0.29) is 23.5 Å². The highest BCUT2D eigenvalue weighted by Gasteiger charge is 2.54. The fourth-order valence-corrected chi connectivity index (χ4v) is 6.10. The molecule has 3 aliphatic heterocycles. The molecule has 0 saturated carbocycles. The van der Waals surface area contributed by atoms with E-state index >= 15 is 0 Å². The number of nitrogens with zero attached hydrogens (tertiary/aromatic N) is 4. The SMILES string of the molecule is Cc1ccsc1C(=O)N1CCC(N2C(=O)N(Cc3cccnc3)CC23CCOC3)CC1. The number of pyridine rings is 1. The summed E-state index contributed by atoms with van der Waals surface area (Å²) >= 11 is 1.51. The van der Waals surface area contributed by atoms with Crippen LogP contribution in [0.5, 0.6) is 0 Å². The van der Waals surface area contributed by atoms with Gasteiger partial charge in [-0.15, -0.1) is 11.3 Å². The number of aryl methyl sites for hydroxylation is 1. The molecule has 5 heterocycles. The summed E-state index contributed by atoms with van der Waals surface area (Å²) in [5, 5.41) is 1.97. The summed E-state index contributed by atoms with van der Waals surface area (Å²) in [6.45, 7) is 5.90. The number of aromatic nitrogens is 1. The largest absolute Gasteiger partial charge is 0.379 e. The maximum atomic E-state index is 13.5. The van der Waals surface area contributed by atoms with Crippen LogP contribution in [0.1, 0.15) is 40.1 Å². The number of rotatable bonds is 4. The second-order valence-corrected chi connectivity index (χ2v) is 9.77. The van der Waals surface area contributed by atoms with Crippen molar-refractivity contribution in [2.24, 2.45) is 0 Å². The van der Waals surface area contributed by atoms with Crippen molar-refractivity contribution >= 4 is 23.3 Å². The fraction of sp³-hybridized carbons (Fsp3) is 0.522. The number of carbonyl (C=O) groups excluding carboxylic acids is 2. The summed E-state index contributed by atoms with van der Waals surface area (Å²) in [6, 6.07) is 6.14. The van der Waals surface area contributed by atoms with Crippen molar-refractivity contribution < 1.29 is 14.3 Å². The van der Waals surface area contributed by atoms with Crippen LogP contribution in [-0.4, -0.2) is 76.1 Å². The topological polar surface area (TPSA) is 66.0 Å². The van der Waals surface area contributed by atoms with Gasteiger partial charge in [-0.3, -0.25) is 9.78 Å². The van der Waals surface area contributed by atoms with E-state index in [1.807, 2.05) is 46.5 Å². The van der Waals surface area contributed by atoms with Crippen LogP contribution in [0.4, 0.5) is 4.79 Å². The molecule has 1 unspecified atom stereocenters. The van der Waals surface area contributed by atoms with E-state index in [1.54, 1.807) is 6.20 Å². The number of thiophene rings is 1. The molecule has 0 bridgehead atoms. The Balaban J connectivity index is 1.30. The lowest BCUT2D eigenvalue weighted by molar-refractivity contribution is 0.0501. The quantitative estimate of drug-likeness (QED) is 0.733. The normalized spacial score (nSPS) is 24.5. The van der Waals surface area contributed by atoms with Gasteiger partial charge in [-0.05, 0) is 54.8 Å². The Bertz CT molecular complexity index is 949. The van der Waals surface area contributed by atoms with Gasteiger partial charge in [-0.1, -0.05) is 6.07 Å². The number of carbonyl (C=O) groups is 2. The van der Waals surface area contributed by atoms with Crippen LogP contribution in [0.25, 0.3) is 0 Å². The average molecular weight is 441 g/mol. The molecule has 5 rings (SSSR count). The second kappa shape index (κ2) is 8.24. The van der Waals surface area contributed by atoms with Gasteiger partial charge in [0.25, 0.3) is 5.91 Å². The number of amides is 3. The molecule has 1 spiro atoms. The third-order valence-electron chi connectivity index (χ3n) is 6.82. The standard InChI is InChI=1S/C23H28N4O3S/c1-17-6-12-31-20(17)21(28)25-9-4-19(5-10-25)27-22(29)26(14-18-3-2-8-24-13-18)15-23(27)7-11-30-16-23/h2-3,6,8,12-13,19H,4-5,7,9-11,14-16H2,1H3. The highest BCUT2D eigenvalue weighted by atomic mass is 32.1. The minimum absolute atomic E-state index is 0.0910. The Labute approximate surface area is 186 Å². The van der Waals surface area contributed by atoms with Crippen molar-refractivity contribution in [1.29, 1.82) is 0 Å². The maximum absolute atomic E-state index is 13.5. The summed E-state index contributed by atoms with van der Waals surface area (Å²) in [5.41, 5.74) is 1.83. The van der Waals surface area contributed by atoms with E-state index in [2.05, 4.69) is 9.88 Å². The lowest BCUT2D eigenvalue weighted by atomic mass is 9.92. The van der Waals surface area contributed by atoms with Gasteiger partial charge in [0.05, 0.1) is 17.0 Å². The van der Waals surface area contributed by atoms with Gasteiger partial charge in [0.15, 0.2) is 0 Å². The first-order chi connectivity index (χ1) is 15.1. The van der Waals surface area contributed by atoms with Crippen molar-refractivity contribution in [2.45, 2.75) is 44.3 Å². The third kappa shape index (κ3) is 3.72. The second-order valence-electron chi connectivity index (χ2n) is 8.85. The van der Waals surface area contributed by atoms with Crippen LogP contribution in [-0.2, 0) is 11.3 Å². The molecule has 0 aliphatic carbocycles. The summed E-state index contributed by atoms with van der Waals surface area (Å²) < 4.78 is 5.78. The molecule has 3 saturated heterocycles. The zero-order valence-electron chi connectivity index (χ0n) is 17.8. The third-order valence-corrected chi connectivity index (χ3v) is 7.83. The van der Waals surface area contributed by atoms with Gasteiger partial charge in [0.2, 0.25) is 0 Å². The summed E-state index contributed by atoms with van der Waals surface area (Å²) in [5.74, 6) is 0.121. The molecule has 164 valence electrons. The van der Waals surface area contributed by atoms with E-state index < -0.39 is 0 Å². The number of urea groups is 1. The van der Waals surface area contributed by atoms with Gasteiger partial charge in [-0.2, -0.15) is 0 Å². The molecule has 0 N–H and O–H groups in total. The molecule has 8 heteroatoms. The summed E-state index contributed by atoms with van der Waals surface area (Å²) in [6.07, 6.45) is 6.07. The molecule has 0 aromatic carbocycles. The molecule has 0 radical (unpaired) electrons. The van der Waals surface area contributed by atoms with Crippen LogP contribution < -0.4 is 0 Å². The van der Waals surface area contributed by atoms with Crippen molar-refractivity contribution in [3.63, 3.8) is 0 Å². The molecule has 1 atom stereocenters. The number of likely N-dealkylation sites (tertiary alicyclic amines) is 1. The van der Waals surface area contributed by atoms with E-state index in [1.165, 1.54) is 11.3 Å². The Kier molecular flexibility index (Phi) is 5.44. The first-order valence-electron chi connectivity index (χ1n) is 11.0. The van der Waals surface area contributed by atoms with Crippen LogP contribution in [0.3, 0.4) is 0 Å². The number of hydrogen-bond acceptors (Lipinski definition) is 5. The molecular weight excluding hydrogens is 412 g/mol. The fourth-order valence-electron chi connectivity index (χ4n) is 5.21. The zero-order chi connectivity index (χ0) is 21.4. The first kappa shape index (κ1) is 20.5. The van der Waals surface area contributed by atoms with E-state index in [4.69, 9.17) is 4.74 Å². The minimum Gasteiger partial charge on any atom is -0.379 e. The van der Waals surface area contributed by atoms with Crippen molar-refractivity contribution in [3.05, 3.63) is 52.0 Å². The smallest absolute Gasteiger partial charge is 0.321 e. The lowest BCUT2D eigenvalue weighted by Crippen LogP contribution is -2.56. The van der Waals surface area contributed by atoms with Gasteiger partial charge in [-0.25, -0.2) is 4.79 Å². The van der Waals surface area contributed by atoms with Gasteiger partial charge in [0, 0.05) is 51.2 Å². The highest BCUT2D eigenvalue weighted by Crippen LogP contribution is 2.39. The Hall–Kier alpha value is -2.45. The Morgan fingerprint density at radius 2 is 2.16 bits per heavy atom. The van der Waals surface area contributed by atoms with Crippen LogP contribution in [0, 0.1) is 6.92 Å². The van der Waals surface area contributed by atoms with Gasteiger partial charge in [0.1, 0.15) is 0 Å². The van der Waals surface area contributed by atoms with E-state index in [0.717, 1.165) is 35.3 Å². The van der Waals surface area contributed by atoms with Gasteiger partial charge >= 0.3 is 6.03 Å². The van der Waals surface area contributed by atoms with Gasteiger partial charge < -0.3 is 19.4 Å². The molecule has 31 heavy (non-hydrogen) atoms. The van der Waals surface area contributed by atoms with Crippen molar-refractivity contribution in [1.82, 2.24) is 19.7 Å². The van der Waals surface area contributed by atoms with Crippen LogP contribution in [0.2, 0.25) is 0 Å². The Morgan fingerprint density at radius 3 is 2.81 bits per heavy atom. The lowest BCUT2D eigenvalue weighted by Gasteiger charge is -2.42. The van der Waals surface area contributed by atoms with Crippen molar-refractivity contribution in [2.75, 3.05) is 32.8 Å². The number of ether oxygens (including phenoxy) is 1. The Morgan fingerprint density at radius 1 is 1.32 bits per heavy atom.